The highest BCUT2D eigenvalue weighted by molar-refractivity contribution is 5.96. The summed E-state index contributed by atoms with van der Waals surface area (Å²) in [6.45, 7) is -0.826. The van der Waals surface area contributed by atoms with Crippen LogP contribution in [0.25, 0.3) is 21.9 Å². The van der Waals surface area contributed by atoms with Crippen molar-refractivity contribution < 1.29 is 68.2 Å². The zero-order chi connectivity index (χ0) is 30.3. The molecule has 0 bridgehead atoms. The summed E-state index contributed by atoms with van der Waals surface area (Å²) in [5.41, 5.74) is -0.225. The van der Waals surface area contributed by atoms with Crippen molar-refractivity contribution >= 4 is 21.9 Å². The average Bonchev–Trinajstić information content (AvgIpc) is 2.99. The van der Waals surface area contributed by atoms with Gasteiger partial charge in [0.2, 0.25) is 17.5 Å². The third-order valence-electron chi connectivity index (χ3n) is 7.25. The molecule has 0 radical (unpaired) electrons. The summed E-state index contributed by atoms with van der Waals surface area (Å²) in [5, 5.41) is 61.7. The minimum Gasteiger partial charge on any atom is -0.497 e. The molecule has 2 aromatic carbocycles. The van der Waals surface area contributed by atoms with E-state index in [-0.39, 0.29) is 45.8 Å². The number of rotatable bonds is 8. The topological polar surface area (TPSA) is 216 Å². The number of aliphatic hydroxyl groups excluding tert-OH is 6. The smallest absolute Gasteiger partial charge is 0.229 e. The second-order valence-corrected chi connectivity index (χ2v) is 9.82. The zero-order valence-electron chi connectivity index (χ0n) is 22.8. The van der Waals surface area contributed by atoms with Crippen molar-refractivity contribution in [2.24, 2.45) is 0 Å². The minimum atomic E-state index is -1.82. The Morgan fingerprint density at radius 1 is 0.810 bits per heavy atom. The van der Waals surface area contributed by atoms with Crippen LogP contribution in [0.5, 0.6) is 23.0 Å². The Morgan fingerprint density at radius 3 is 2.24 bits per heavy atom. The maximum Gasteiger partial charge on any atom is 0.229 e. The molecule has 2 aliphatic heterocycles. The molecule has 15 heteroatoms. The van der Waals surface area contributed by atoms with Crippen LogP contribution in [-0.4, -0.2) is 120 Å². The lowest BCUT2D eigenvalue weighted by atomic mass is 9.99. The van der Waals surface area contributed by atoms with E-state index in [9.17, 15) is 35.4 Å². The van der Waals surface area contributed by atoms with Crippen molar-refractivity contribution in [1.29, 1.82) is 0 Å². The highest BCUT2D eigenvalue weighted by Gasteiger charge is 2.47. The van der Waals surface area contributed by atoms with Crippen LogP contribution in [0, 0.1) is 0 Å². The first kappa shape index (κ1) is 30.2. The highest BCUT2D eigenvalue weighted by Crippen LogP contribution is 2.44. The Labute approximate surface area is 237 Å². The summed E-state index contributed by atoms with van der Waals surface area (Å²) in [5.74, 6) is 0.235. The monoisotopic (exact) mass is 596 g/mol. The van der Waals surface area contributed by atoms with Gasteiger partial charge in [-0.3, -0.25) is 4.79 Å². The summed E-state index contributed by atoms with van der Waals surface area (Å²) < 4.78 is 44.4. The average molecular weight is 597 g/mol. The van der Waals surface area contributed by atoms with E-state index in [2.05, 4.69) is 0 Å². The third kappa shape index (κ3) is 5.34. The molecule has 0 aliphatic carbocycles. The van der Waals surface area contributed by atoms with Crippen LogP contribution in [-0.2, 0) is 14.2 Å². The minimum absolute atomic E-state index is 0.0463. The summed E-state index contributed by atoms with van der Waals surface area (Å²) in [6.07, 6.45) is -14.2. The molecule has 0 amide bonds. The van der Waals surface area contributed by atoms with E-state index in [1.165, 1.54) is 33.5 Å². The fourth-order valence-electron chi connectivity index (χ4n) is 4.89. The van der Waals surface area contributed by atoms with Crippen molar-refractivity contribution in [3.8, 4) is 23.0 Å². The lowest BCUT2D eigenvalue weighted by Crippen LogP contribution is -2.61. The van der Waals surface area contributed by atoms with Crippen molar-refractivity contribution in [1.82, 2.24) is 0 Å². The van der Waals surface area contributed by atoms with Crippen molar-refractivity contribution in [2.75, 3.05) is 34.5 Å². The number of ether oxygens (including phenoxy) is 7. The molecule has 9 atom stereocenters. The molecule has 3 heterocycles. The zero-order valence-corrected chi connectivity index (χ0v) is 22.8. The lowest BCUT2D eigenvalue weighted by molar-refractivity contribution is -0.307. The highest BCUT2D eigenvalue weighted by atomic mass is 16.7. The summed E-state index contributed by atoms with van der Waals surface area (Å²) in [7, 11) is 4.10. The Balaban J connectivity index is 1.50. The van der Waals surface area contributed by atoms with Crippen LogP contribution in [0.4, 0.5) is 0 Å². The summed E-state index contributed by atoms with van der Waals surface area (Å²) in [6, 6.07) is 6.10. The predicted octanol–water partition coefficient (Wildman–Crippen LogP) is -1.39. The van der Waals surface area contributed by atoms with Gasteiger partial charge in [0.15, 0.2) is 17.8 Å². The van der Waals surface area contributed by atoms with E-state index in [1.807, 2.05) is 0 Å². The molecule has 0 saturated carbocycles. The number of benzene rings is 2. The van der Waals surface area contributed by atoms with E-state index in [0.717, 1.165) is 0 Å². The van der Waals surface area contributed by atoms with Gasteiger partial charge in [-0.15, -0.1) is 0 Å². The second-order valence-electron chi connectivity index (χ2n) is 9.82. The first-order valence-electron chi connectivity index (χ1n) is 12.9. The number of aliphatic hydroxyl groups is 6. The van der Waals surface area contributed by atoms with Gasteiger partial charge in [-0.05, 0) is 18.2 Å². The molecular weight excluding hydrogens is 564 g/mol. The van der Waals surface area contributed by atoms with Gasteiger partial charge in [-0.25, -0.2) is 0 Å². The predicted molar refractivity (Wildman–Crippen MR) is 141 cm³/mol. The molecule has 15 nitrogen and oxygen atoms in total. The second kappa shape index (κ2) is 12.2. The fourth-order valence-corrected chi connectivity index (χ4v) is 4.89. The van der Waals surface area contributed by atoms with Crippen LogP contribution >= 0.6 is 0 Å². The quantitative estimate of drug-likeness (QED) is 0.165. The van der Waals surface area contributed by atoms with Gasteiger partial charge in [0.05, 0.1) is 39.9 Å². The van der Waals surface area contributed by atoms with Gasteiger partial charge in [0.25, 0.3) is 0 Å². The standard InChI is InChI=1S/C27H32O15/c1-35-10-4-5-13-11(6-10)18(29)17-14(40-13)7-15(36-2)24(37-3)25(17)42-27-23(34)21(32)20(31)16(41-27)9-39-26-22(33)19(30)12(28)8-38-26/h4-7,12,16,19-23,26-28,30-34H,8-9H2,1-3H3. The largest absolute Gasteiger partial charge is 0.497 e. The van der Waals surface area contributed by atoms with Gasteiger partial charge in [-0.1, -0.05) is 0 Å². The maximum atomic E-state index is 13.7. The van der Waals surface area contributed by atoms with E-state index in [4.69, 9.17) is 37.6 Å². The molecule has 2 fully saturated rings. The normalized spacial score (nSPS) is 31.7. The van der Waals surface area contributed by atoms with Crippen LogP contribution in [0.3, 0.4) is 0 Å². The first-order valence-corrected chi connectivity index (χ1v) is 12.9. The molecule has 3 aromatic rings. The molecule has 1 aromatic heterocycles. The molecule has 2 aliphatic rings. The third-order valence-corrected chi connectivity index (χ3v) is 7.25. The number of fused-ring (bicyclic) bond motifs is 2. The van der Waals surface area contributed by atoms with Gasteiger partial charge >= 0.3 is 0 Å². The van der Waals surface area contributed by atoms with E-state index in [1.54, 1.807) is 12.1 Å². The molecule has 6 N–H and O–H groups in total. The van der Waals surface area contributed by atoms with Crippen LogP contribution in [0.15, 0.2) is 33.5 Å². The maximum absolute atomic E-state index is 13.7. The number of hydrogen-bond acceptors (Lipinski definition) is 15. The van der Waals surface area contributed by atoms with Gasteiger partial charge in [0, 0.05) is 6.07 Å². The van der Waals surface area contributed by atoms with Gasteiger partial charge in [0.1, 0.15) is 65.0 Å². The van der Waals surface area contributed by atoms with Crippen molar-refractivity contribution in [3.05, 3.63) is 34.5 Å². The van der Waals surface area contributed by atoms with Gasteiger partial charge < -0.3 is 68.2 Å². The molecule has 0 spiro atoms. The number of hydrogen-bond donors (Lipinski definition) is 6. The van der Waals surface area contributed by atoms with E-state index < -0.39 is 67.3 Å². The fraction of sp³-hybridized carbons (Fsp3) is 0.519. The lowest BCUT2D eigenvalue weighted by Gasteiger charge is -2.41. The van der Waals surface area contributed by atoms with E-state index in [0.29, 0.717) is 5.75 Å². The Bertz CT molecular complexity index is 1470. The van der Waals surface area contributed by atoms with Crippen LogP contribution < -0.4 is 24.4 Å². The van der Waals surface area contributed by atoms with Crippen LogP contribution in [0.2, 0.25) is 0 Å². The SMILES string of the molecule is COc1ccc2oc3cc(OC)c(OC)c(OC4OC(COC5OCC(O)C(O)C5O)C(O)C(O)C4O)c3c(=O)c2c1. The molecule has 42 heavy (non-hydrogen) atoms. The Morgan fingerprint density at radius 2 is 1.55 bits per heavy atom. The van der Waals surface area contributed by atoms with Crippen LogP contribution in [0.1, 0.15) is 0 Å². The molecule has 5 rings (SSSR count). The molecule has 2 saturated heterocycles. The first-order chi connectivity index (χ1) is 20.1. The Kier molecular flexibility index (Phi) is 8.75. The Hall–Kier alpha value is -3.25. The summed E-state index contributed by atoms with van der Waals surface area (Å²) in [4.78, 5) is 13.7. The molecule has 9 unspecified atom stereocenters. The van der Waals surface area contributed by atoms with Crippen molar-refractivity contribution in [2.45, 2.75) is 55.3 Å². The van der Waals surface area contributed by atoms with Gasteiger partial charge in [-0.2, -0.15) is 0 Å². The van der Waals surface area contributed by atoms with E-state index >= 15 is 0 Å². The van der Waals surface area contributed by atoms with Crippen molar-refractivity contribution in [3.63, 3.8) is 0 Å². The molecule has 230 valence electrons. The number of methoxy groups -OCH3 is 3. The summed E-state index contributed by atoms with van der Waals surface area (Å²) >= 11 is 0. The molecular formula is C27H32O15.